The van der Waals surface area contributed by atoms with E-state index in [1.807, 2.05) is 43.3 Å². The van der Waals surface area contributed by atoms with Gasteiger partial charge in [-0.3, -0.25) is 9.36 Å². The molecule has 36 heavy (non-hydrogen) atoms. The van der Waals surface area contributed by atoms with Crippen LogP contribution in [0.5, 0.6) is 0 Å². The minimum absolute atomic E-state index is 0.0995. The molecule has 0 spiro atoms. The molecule has 0 bridgehead atoms. The summed E-state index contributed by atoms with van der Waals surface area (Å²) < 4.78 is 7.24. The normalized spacial score (nSPS) is 11.1. The highest BCUT2D eigenvalue weighted by Crippen LogP contribution is 2.32. The van der Waals surface area contributed by atoms with Gasteiger partial charge in [-0.05, 0) is 48.9 Å². The van der Waals surface area contributed by atoms with E-state index >= 15 is 0 Å². The second-order valence-corrected chi connectivity index (χ2v) is 9.80. The Hall–Kier alpha value is -3.52. The van der Waals surface area contributed by atoms with E-state index in [4.69, 9.17) is 27.6 Å². The number of carbonyl (C=O) groups is 1. The highest BCUT2D eigenvalue weighted by atomic mass is 35.5. The molecule has 5 aromatic rings. The van der Waals surface area contributed by atoms with Crippen LogP contribution in [0.15, 0.2) is 93.4 Å². The van der Waals surface area contributed by atoms with Crippen molar-refractivity contribution < 1.29 is 9.21 Å². The largest absolute Gasteiger partial charge is 0.422 e. The van der Waals surface area contributed by atoms with Gasteiger partial charge in [0.15, 0.2) is 5.16 Å². The summed E-state index contributed by atoms with van der Waals surface area (Å²) in [4.78, 5) is 30.1. The Morgan fingerprint density at radius 3 is 2.64 bits per heavy atom. The third-order valence-electron chi connectivity index (χ3n) is 5.51. The summed E-state index contributed by atoms with van der Waals surface area (Å²) in [5.41, 5.74) is 3.04. The van der Waals surface area contributed by atoms with Gasteiger partial charge >= 0.3 is 5.63 Å². The number of para-hydroxylation sites is 2. The number of benzene rings is 3. The van der Waals surface area contributed by atoms with Crippen LogP contribution in [0.1, 0.15) is 5.56 Å². The molecule has 6 nitrogen and oxygen atoms in total. The van der Waals surface area contributed by atoms with Crippen molar-refractivity contribution in [3.05, 3.63) is 105 Å². The molecule has 9 heteroatoms. The van der Waals surface area contributed by atoms with Gasteiger partial charge in [-0.1, -0.05) is 71.4 Å². The second kappa shape index (κ2) is 10.2. The van der Waals surface area contributed by atoms with Crippen molar-refractivity contribution in [2.75, 3.05) is 11.1 Å². The molecule has 0 aliphatic carbocycles. The highest BCUT2D eigenvalue weighted by molar-refractivity contribution is 7.99. The molecule has 0 fully saturated rings. The summed E-state index contributed by atoms with van der Waals surface area (Å²) in [6.07, 6.45) is 1.71. The van der Waals surface area contributed by atoms with Gasteiger partial charge in [0.1, 0.15) is 5.58 Å². The van der Waals surface area contributed by atoms with Gasteiger partial charge in [-0.25, -0.2) is 9.78 Å². The van der Waals surface area contributed by atoms with E-state index in [0.29, 0.717) is 37.7 Å². The van der Waals surface area contributed by atoms with Crippen molar-refractivity contribution in [2.24, 2.45) is 0 Å². The van der Waals surface area contributed by atoms with Crippen LogP contribution in [0.2, 0.25) is 10.0 Å². The lowest BCUT2D eigenvalue weighted by atomic mass is 10.1. The fourth-order valence-electron chi connectivity index (χ4n) is 3.71. The number of hydrogen-bond acceptors (Lipinski definition) is 5. The Labute approximate surface area is 220 Å². The topological polar surface area (TPSA) is 77.1 Å². The van der Waals surface area contributed by atoms with Gasteiger partial charge in [0, 0.05) is 22.3 Å². The zero-order chi connectivity index (χ0) is 25.2. The number of hydrogen-bond donors (Lipinski definition) is 1. The number of imidazole rings is 1. The van der Waals surface area contributed by atoms with Crippen LogP contribution in [-0.2, 0) is 4.79 Å². The predicted molar refractivity (Wildman–Crippen MR) is 146 cm³/mol. The first-order valence-corrected chi connectivity index (χ1v) is 12.7. The van der Waals surface area contributed by atoms with Crippen molar-refractivity contribution in [2.45, 2.75) is 12.1 Å². The van der Waals surface area contributed by atoms with Crippen LogP contribution in [0, 0.1) is 6.92 Å². The number of fused-ring (bicyclic) bond motifs is 1. The number of aromatic nitrogens is 2. The summed E-state index contributed by atoms with van der Waals surface area (Å²) in [5, 5.41) is 5.08. The van der Waals surface area contributed by atoms with Gasteiger partial charge in [0.05, 0.1) is 27.7 Å². The third-order valence-corrected chi connectivity index (χ3v) is 7.00. The molecular weight excluding hydrogens is 517 g/mol. The minimum Gasteiger partial charge on any atom is -0.422 e. The molecule has 3 aromatic carbocycles. The maximum atomic E-state index is 12.8. The van der Waals surface area contributed by atoms with E-state index < -0.39 is 5.63 Å². The summed E-state index contributed by atoms with van der Waals surface area (Å²) in [7, 11) is 0. The molecule has 2 aromatic heterocycles. The Morgan fingerprint density at radius 2 is 1.83 bits per heavy atom. The lowest BCUT2D eigenvalue weighted by Gasteiger charge is -2.10. The van der Waals surface area contributed by atoms with Gasteiger partial charge in [-0.2, -0.15) is 0 Å². The number of anilines is 1. The lowest BCUT2D eigenvalue weighted by molar-refractivity contribution is -0.113. The van der Waals surface area contributed by atoms with Crippen molar-refractivity contribution in [1.29, 1.82) is 0 Å². The van der Waals surface area contributed by atoms with Crippen molar-refractivity contribution in [1.82, 2.24) is 9.55 Å². The number of nitrogens with zero attached hydrogens (tertiary/aromatic N) is 2. The molecule has 0 saturated heterocycles. The maximum Gasteiger partial charge on any atom is 0.345 e. The first-order chi connectivity index (χ1) is 17.4. The average Bonchev–Trinajstić information content (AvgIpc) is 3.27. The number of amides is 1. The quantitative estimate of drug-likeness (QED) is 0.187. The van der Waals surface area contributed by atoms with Gasteiger partial charge in [0.2, 0.25) is 5.91 Å². The fraction of sp³-hybridized carbons (Fsp3) is 0.0741. The van der Waals surface area contributed by atoms with Crippen molar-refractivity contribution in [3.8, 4) is 16.9 Å². The maximum absolute atomic E-state index is 12.8. The molecule has 0 aliphatic rings. The summed E-state index contributed by atoms with van der Waals surface area (Å²) in [6, 6.07) is 21.7. The molecule has 1 amide bonds. The first kappa shape index (κ1) is 24.2. The van der Waals surface area contributed by atoms with Gasteiger partial charge in [-0.15, -0.1) is 0 Å². The summed E-state index contributed by atoms with van der Waals surface area (Å²) in [6.45, 7) is 1.93. The average molecular weight is 536 g/mol. The van der Waals surface area contributed by atoms with E-state index in [2.05, 4.69) is 10.3 Å². The Kier molecular flexibility index (Phi) is 6.87. The molecular formula is C27H19Cl2N3O3S. The van der Waals surface area contributed by atoms with Crippen LogP contribution < -0.4 is 10.9 Å². The van der Waals surface area contributed by atoms with Crippen molar-refractivity contribution >= 4 is 57.5 Å². The van der Waals surface area contributed by atoms with Crippen LogP contribution in [-0.4, -0.2) is 21.2 Å². The molecule has 5 rings (SSSR count). The molecule has 1 N–H and O–H groups in total. The molecule has 0 saturated carbocycles. The predicted octanol–water partition coefficient (Wildman–Crippen LogP) is 6.99. The number of carbonyl (C=O) groups excluding carboxylic acids is 1. The highest BCUT2D eigenvalue weighted by Gasteiger charge is 2.18. The smallest absolute Gasteiger partial charge is 0.345 e. The number of halogens is 2. The van der Waals surface area contributed by atoms with Gasteiger partial charge < -0.3 is 9.73 Å². The summed E-state index contributed by atoms with van der Waals surface area (Å²) >= 11 is 13.8. The first-order valence-electron chi connectivity index (χ1n) is 11.0. The van der Waals surface area contributed by atoms with Crippen LogP contribution >= 0.6 is 35.0 Å². The third kappa shape index (κ3) is 5.04. The van der Waals surface area contributed by atoms with E-state index in [9.17, 15) is 9.59 Å². The van der Waals surface area contributed by atoms with Crippen LogP contribution in [0.25, 0.3) is 27.9 Å². The number of nitrogens with one attached hydrogen (secondary N) is 1. The van der Waals surface area contributed by atoms with Gasteiger partial charge in [0.25, 0.3) is 0 Å². The molecule has 0 radical (unpaired) electrons. The minimum atomic E-state index is -0.505. The fourth-order valence-corrected chi connectivity index (χ4v) is 5.00. The molecule has 0 aliphatic heterocycles. The molecule has 180 valence electrons. The molecule has 2 heterocycles. The monoisotopic (exact) mass is 535 g/mol. The van der Waals surface area contributed by atoms with Crippen LogP contribution in [0.4, 0.5) is 5.69 Å². The Balaban J connectivity index is 1.51. The SMILES string of the molecule is Cc1ccccc1NC(=O)CSc1nc(-c2cc3ccccc3oc2=O)cn1-c1ccc(Cl)cc1Cl. The lowest BCUT2D eigenvalue weighted by Crippen LogP contribution is -2.15. The van der Waals surface area contributed by atoms with E-state index in [1.165, 1.54) is 11.8 Å². The Morgan fingerprint density at radius 1 is 1.06 bits per heavy atom. The standard InChI is InChI=1S/C27H19Cl2N3O3S/c1-16-6-2-4-8-21(16)30-25(33)15-36-27-31-22(14-32(27)23-11-10-18(28)13-20(23)29)19-12-17-7-3-5-9-24(17)35-26(19)34/h2-14H,15H2,1H3,(H,30,33). The zero-order valence-corrected chi connectivity index (χ0v) is 21.3. The zero-order valence-electron chi connectivity index (χ0n) is 19.0. The number of thioether (sulfide) groups is 1. The second-order valence-electron chi connectivity index (χ2n) is 8.01. The number of aryl methyl sites for hydroxylation is 1. The summed E-state index contributed by atoms with van der Waals surface area (Å²) in [5.74, 6) is -0.0830. The number of rotatable bonds is 6. The van der Waals surface area contributed by atoms with Crippen molar-refractivity contribution in [3.63, 3.8) is 0 Å². The van der Waals surface area contributed by atoms with E-state index in [-0.39, 0.29) is 11.7 Å². The van der Waals surface area contributed by atoms with E-state index in [1.54, 1.807) is 47.2 Å². The Bertz CT molecular complexity index is 1660. The van der Waals surface area contributed by atoms with E-state index in [0.717, 1.165) is 16.6 Å². The van der Waals surface area contributed by atoms with Crippen LogP contribution in [0.3, 0.4) is 0 Å². The molecule has 0 atom stereocenters. The molecule has 0 unspecified atom stereocenters.